The lowest BCUT2D eigenvalue weighted by molar-refractivity contribution is -0.119. The van der Waals surface area contributed by atoms with Gasteiger partial charge in [0, 0.05) is 25.2 Å². The molecule has 8 atom stereocenters. The van der Waals surface area contributed by atoms with Crippen molar-refractivity contribution in [3.63, 3.8) is 0 Å². The van der Waals surface area contributed by atoms with E-state index in [-0.39, 0.29) is 18.5 Å². The zero-order valence-corrected chi connectivity index (χ0v) is 25.4. The van der Waals surface area contributed by atoms with Gasteiger partial charge in [0.1, 0.15) is 29.3 Å². The number of aliphatic imine (C=N–C) groups is 1. The number of nitrogens with one attached hydrogen (secondary N) is 1. The number of rotatable bonds is 3. The van der Waals surface area contributed by atoms with Crippen molar-refractivity contribution in [2.24, 2.45) is 4.99 Å². The normalized spacial score (nSPS) is 36.4. The molecular weight excluding hydrogens is 615 g/mol. The van der Waals surface area contributed by atoms with E-state index in [1.165, 1.54) is 13.1 Å². The molecule has 5 N–H and O–H groups in total. The van der Waals surface area contributed by atoms with Crippen LogP contribution in [0.25, 0.3) is 0 Å². The Balaban J connectivity index is 0.000000189. The molecule has 0 radical (unpaired) electrons. The van der Waals surface area contributed by atoms with Gasteiger partial charge in [0.15, 0.2) is 18.1 Å². The minimum absolute atomic E-state index is 0.212. The smallest absolute Gasteiger partial charge is 0.330 e. The Kier molecular flexibility index (Phi) is 10.2. The summed E-state index contributed by atoms with van der Waals surface area (Å²) in [5.74, 6) is -0.229. The van der Waals surface area contributed by atoms with Gasteiger partial charge in [-0.1, -0.05) is 0 Å². The Morgan fingerprint density at radius 2 is 1.62 bits per heavy atom. The first kappa shape index (κ1) is 33.0. The van der Waals surface area contributed by atoms with E-state index in [0.29, 0.717) is 13.0 Å². The van der Waals surface area contributed by atoms with Crippen molar-refractivity contribution in [3.8, 4) is 0 Å². The lowest BCUT2D eigenvalue weighted by Gasteiger charge is -2.26. The van der Waals surface area contributed by atoms with Crippen LogP contribution in [0.2, 0.25) is 13.1 Å². The van der Waals surface area contributed by atoms with E-state index in [1.807, 2.05) is 13.1 Å². The number of amidine groups is 1. The molecule has 0 spiro atoms. The number of hydrogen-bond acceptors (Lipinski definition) is 11. The van der Waals surface area contributed by atoms with E-state index in [0.717, 1.165) is 10.6 Å². The highest BCUT2D eigenvalue weighted by atomic mass is 35.7. The summed E-state index contributed by atoms with van der Waals surface area (Å²) in [5.41, 5.74) is -2.20. The van der Waals surface area contributed by atoms with Crippen LogP contribution in [-0.4, -0.2) is 114 Å². The third kappa shape index (κ3) is 6.91. The third-order valence-electron chi connectivity index (χ3n) is 6.54. The molecule has 5 heterocycles. The topological polar surface area (TPSA) is 196 Å². The molecule has 0 saturated carbocycles. The summed E-state index contributed by atoms with van der Waals surface area (Å²) in [7, 11) is 0. The van der Waals surface area contributed by atoms with Gasteiger partial charge in [-0.2, -0.15) is 4.99 Å². The SMILES string of the molecule is C[C@@]1(Cl)[C@H](O)[C@@H](CO)O[C@H]1n1ccc(=O)[nH]c1=O.C[C@@]12OC3=NC(=O)CCN3[C@@H]1O[C@H](CO)[C@H]2O.C[Si](C)(Cl)Cl. The monoisotopic (exact) mass is 646 g/mol. The summed E-state index contributed by atoms with van der Waals surface area (Å²) in [6.07, 6.45) is -3.55. The molecule has 1 aromatic rings. The molecule has 40 heavy (non-hydrogen) atoms. The van der Waals surface area contributed by atoms with Crippen LogP contribution < -0.4 is 11.2 Å². The molecule has 0 aromatic carbocycles. The number of carbonyl (C=O) groups is 1. The first-order valence-corrected chi connectivity index (χ1v) is 17.7. The number of carbonyl (C=O) groups excluding carboxylic acids is 1. The molecule has 3 saturated heterocycles. The number of H-pyrrole nitrogens is 1. The van der Waals surface area contributed by atoms with Gasteiger partial charge in [0.05, 0.1) is 13.2 Å². The minimum atomic E-state index is -1.67. The Labute approximate surface area is 244 Å². The maximum atomic E-state index is 11.6. The quantitative estimate of drug-likeness (QED) is 0.160. The number of halogens is 3. The standard InChI is InChI=1S/C10H13ClN2O5.C10H14N2O5.C2H6Cl2Si/c1-10(11)7(16)5(4-14)18-8(10)13-3-2-6(15)12-9(13)17;1-10-7(15)5(4-13)16-8(10)12-3-2-6(14)11-9(12)17-10;1-5(2,3)4/h2-3,5,7-8,14,16H,4H2,1H3,(H,12,15,17);5,7-8,13,15H,2-4H2,1H3;1-2H3/t5-,7-,8-,10-;5-,7-,8-,10+;/m11./s1. The van der Waals surface area contributed by atoms with Gasteiger partial charge in [-0.25, -0.2) is 4.79 Å². The summed E-state index contributed by atoms with van der Waals surface area (Å²) >= 11 is 17.0. The van der Waals surface area contributed by atoms with E-state index in [1.54, 1.807) is 11.8 Å². The van der Waals surface area contributed by atoms with Crippen LogP contribution in [0.1, 0.15) is 26.5 Å². The maximum Gasteiger partial charge on any atom is 0.330 e. The van der Waals surface area contributed by atoms with Crippen LogP contribution in [0.4, 0.5) is 0 Å². The van der Waals surface area contributed by atoms with Crippen LogP contribution in [0.3, 0.4) is 0 Å². The first-order chi connectivity index (χ1) is 18.4. The van der Waals surface area contributed by atoms with Crippen molar-refractivity contribution in [2.45, 2.75) is 80.7 Å². The summed E-state index contributed by atoms with van der Waals surface area (Å²) in [4.78, 5) is 40.1. The number of amides is 1. The molecule has 0 aliphatic carbocycles. The van der Waals surface area contributed by atoms with E-state index < -0.39 is 71.9 Å². The number of nitrogens with zero attached hydrogens (tertiary/aromatic N) is 3. The molecule has 0 bridgehead atoms. The molecule has 5 rings (SSSR count). The molecule has 4 aliphatic heterocycles. The number of fused-ring (bicyclic) bond motifs is 3. The van der Waals surface area contributed by atoms with Gasteiger partial charge in [-0.05, 0) is 26.9 Å². The fraction of sp³-hybridized carbons (Fsp3) is 0.727. The first-order valence-electron chi connectivity index (χ1n) is 12.3. The fourth-order valence-corrected chi connectivity index (χ4v) is 4.83. The van der Waals surface area contributed by atoms with E-state index >= 15 is 0 Å². The maximum absolute atomic E-state index is 11.6. The van der Waals surface area contributed by atoms with E-state index in [4.69, 9.17) is 58.2 Å². The van der Waals surface area contributed by atoms with Crippen molar-refractivity contribution in [2.75, 3.05) is 19.8 Å². The molecule has 18 heteroatoms. The predicted molar refractivity (Wildman–Crippen MR) is 147 cm³/mol. The molecule has 0 unspecified atom stereocenters. The van der Waals surface area contributed by atoms with Gasteiger partial charge < -0.3 is 34.6 Å². The molecule has 4 aliphatic rings. The van der Waals surface area contributed by atoms with Crippen LogP contribution in [0, 0.1) is 0 Å². The lowest BCUT2D eigenvalue weighted by Crippen LogP contribution is -2.47. The molecule has 1 amide bonds. The number of aromatic amines is 1. The zero-order valence-electron chi connectivity index (χ0n) is 22.2. The number of alkyl halides is 1. The van der Waals surface area contributed by atoms with Gasteiger partial charge in [-0.3, -0.25) is 24.0 Å². The van der Waals surface area contributed by atoms with Gasteiger partial charge in [0.2, 0.25) is 6.69 Å². The van der Waals surface area contributed by atoms with Crippen LogP contribution >= 0.6 is 33.8 Å². The summed E-state index contributed by atoms with van der Waals surface area (Å²) < 4.78 is 17.6. The fourth-order valence-electron chi connectivity index (χ4n) is 4.54. The van der Waals surface area contributed by atoms with Gasteiger partial charge in [-0.15, -0.1) is 33.8 Å². The van der Waals surface area contributed by atoms with E-state index in [9.17, 15) is 24.6 Å². The second-order valence-corrected chi connectivity index (χ2v) is 20.0. The van der Waals surface area contributed by atoms with Crippen LogP contribution in [-0.2, 0) is 19.0 Å². The van der Waals surface area contributed by atoms with Crippen LogP contribution in [0.5, 0.6) is 0 Å². The average molecular weight is 648 g/mol. The third-order valence-corrected chi connectivity index (χ3v) is 6.95. The Morgan fingerprint density at radius 1 is 1.07 bits per heavy atom. The number of hydrogen-bond donors (Lipinski definition) is 5. The van der Waals surface area contributed by atoms with Crippen molar-refractivity contribution in [1.29, 1.82) is 0 Å². The molecule has 3 fully saturated rings. The van der Waals surface area contributed by atoms with E-state index in [2.05, 4.69) is 9.98 Å². The number of aliphatic hydroxyl groups is 4. The second kappa shape index (κ2) is 12.4. The van der Waals surface area contributed by atoms with Crippen LogP contribution in [0.15, 0.2) is 26.8 Å². The highest BCUT2D eigenvalue weighted by Gasteiger charge is 2.63. The number of aromatic nitrogens is 2. The average Bonchev–Trinajstić information content (AvgIpc) is 3.35. The Morgan fingerprint density at radius 3 is 2.15 bits per heavy atom. The van der Waals surface area contributed by atoms with Crippen molar-refractivity contribution in [3.05, 3.63) is 33.1 Å². The highest BCUT2D eigenvalue weighted by molar-refractivity contribution is 7.44. The van der Waals surface area contributed by atoms with Gasteiger partial charge in [0.25, 0.3) is 17.5 Å². The van der Waals surface area contributed by atoms with Crippen molar-refractivity contribution < 1.29 is 39.4 Å². The molecular formula is C22H33Cl3N4O10Si. The van der Waals surface area contributed by atoms with Gasteiger partial charge >= 0.3 is 5.69 Å². The largest absolute Gasteiger partial charge is 0.451 e. The second-order valence-electron chi connectivity index (χ2n) is 10.3. The summed E-state index contributed by atoms with van der Waals surface area (Å²) in [6.45, 7) is 5.02. The Bertz CT molecular complexity index is 1220. The molecule has 14 nitrogen and oxygen atoms in total. The minimum Gasteiger partial charge on any atom is -0.451 e. The highest BCUT2D eigenvalue weighted by Crippen LogP contribution is 2.43. The number of aliphatic hydroxyl groups excluding tert-OH is 4. The molecule has 1 aromatic heterocycles. The molecule has 226 valence electrons. The lowest BCUT2D eigenvalue weighted by atomic mass is 9.97. The predicted octanol–water partition coefficient (Wildman–Crippen LogP) is -0.608. The van der Waals surface area contributed by atoms with Crippen molar-refractivity contribution in [1.82, 2.24) is 14.5 Å². The number of ether oxygens (including phenoxy) is 3. The van der Waals surface area contributed by atoms with Crippen molar-refractivity contribution >= 4 is 52.4 Å². The Hall–Kier alpha value is -1.53. The summed E-state index contributed by atoms with van der Waals surface area (Å²) in [6, 6.07) is 1.36. The zero-order chi connectivity index (χ0) is 30.2. The summed E-state index contributed by atoms with van der Waals surface area (Å²) in [5, 5.41) is 38.1.